The standard InChI is InChI=1S/C8H3BrClF3O2/c9-5-4(8(11,12)13)2-1-3(6(5)10)7(14)15/h1-2H,(H,14,15). The molecular formula is C8H3BrClF3O2. The molecule has 0 amide bonds. The van der Waals surface area contributed by atoms with Crippen LogP contribution in [0.2, 0.25) is 5.02 Å². The summed E-state index contributed by atoms with van der Waals surface area (Å²) in [5.74, 6) is -1.38. The molecule has 0 atom stereocenters. The Morgan fingerprint density at radius 3 is 2.33 bits per heavy atom. The van der Waals surface area contributed by atoms with Crippen LogP contribution in [0.15, 0.2) is 16.6 Å². The third kappa shape index (κ3) is 2.43. The average molecular weight is 303 g/mol. The van der Waals surface area contributed by atoms with Crippen molar-refractivity contribution in [1.29, 1.82) is 0 Å². The van der Waals surface area contributed by atoms with E-state index in [1.165, 1.54) is 0 Å². The lowest BCUT2D eigenvalue weighted by Gasteiger charge is -2.11. The number of carbonyl (C=O) groups is 1. The monoisotopic (exact) mass is 302 g/mol. The van der Waals surface area contributed by atoms with E-state index in [9.17, 15) is 18.0 Å². The van der Waals surface area contributed by atoms with Gasteiger partial charge in [0.05, 0.1) is 16.1 Å². The predicted molar refractivity (Wildman–Crippen MR) is 51.1 cm³/mol. The Kier molecular flexibility index (Phi) is 3.30. The molecule has 0 spiro atoms. The number of rotatable bonds is 1. The maximum Gasteiger partial charge on any atom is 0.417 e. The highest BCUT2D eigenvalue weighted by atomic mass is 79.9. The van der Waals surface area contributed by atoms with E-state index in [0.29, 0.717) is 6.07 Å². The molecular weight excluding hydrogens is 300 g/mol. The van der Waals surface area contributed by atoms with Crippen molar-refractivity contribution in [3.8, 4) is 0 Å². The zero-order valence-electron chi connectivity index (χ0n) is 6.90. The van der Waals surface area contributed by atoms with Crippen molar-refractivity contribution >= 4 is 33.5 Å². The van der Waals surface area contributed by atoms with Gasteiger partial charge in [0.25, 0.3) is 0 Å². The van der Waals surface area contributed by atoms with Gasteiger partial charge in [-0.25, -0.2) is 4.79 Å². The lowest BCUT2D eigenvalue weighted by molar-refractivity contribution is -0.138. The molecule has 0 aliphatic carbocycles. The Bertz CT molecular complexity index is 417. The summed E-state index contributed by atoms with van der Waals surface area (Å²) in [6.45, 7) is 0. The Hall–Kier alpha value is -0.750. The van der Waals surface area contributed by atoms with Crippen LogP contribution in [0.3, 0.4) is 0 Å². The van der Waals surface area contributed by atoms with Gasteiger partial charge in [0.2, 0.25) is 0 Å². The molecule has 1 rings (SSSR count). The summed E-state index contributed by atoms with van der Waals surface area (Å²) in [4.78, 5) is 10.5. The van der Waals surface area contributed by atoms with Crippen LogP contribution >= 0.6 is 27.5 Å². The van der Waals surface area contributed by atoms with Crippen molar-refractivity contribution in [2.24, 2.45) is 0 Å². The number of benzene rings is 1. The zero-order valence-corrected chi connectivity index (χ0v) is 9.24. The molecule has 0 aliphatic rings. The Balaban J connectivity index is 3.41. The van der Waals surface area contributed by atoms with E-state index in [-0.39, 0.29) is 5.56 Å². The maximum atomic E-state index is 12.3. The molecule has 0 bridgehead atoms. The number of hydrogen-bond donors (Lipinski definition) is 1. The van der Waals surface area contributed by atoms with Crippen LogP contribution in [-0.4, -0.2) is 11.1 Å². The van der Waals surface area contributed by atoms with Crippen molar-refractivity contribution in [3.63, 3.8) is 0 Å². The molecule has 0 unspecified atom stereocenters. The molecule has 1 aromatic carbocycles. The molecule has 1 N–H and O–H groups in total. The fraction of sp³-hybridized carbons (Fsp3) is 0.125. The minimum Gasteiger partial charge on any atom is -0.478 e. The van der Waals surface area contributed by atoms with Crippen LogP contribution in [0.4, 0.5) is 13.2 Å². The summed E-state index contributed by atoms with van der Waals surface area (Å²) in [5.41, 5.74) is -1.38. The van der Waals surface area contributed by atoms with Gasteiger partial charge in [-0.1, -0.05) is 11.6 Å². The van der Waals surface area contributed by atoms with Crippen LogP contribution in [0, 0.1) is 0 Å². The van der Waals surface area contributed by atoms with Gasteiger partial charge < -0.3 is 5.11 Å². The van der Waals surface area contributed by atoms with Crippen molar-refractivity contribution in [3.05, 3.63) is 32.8 Å². The first-order valence-corrected chi connectivity index (χ1v) is 4.70. The minimum atomic E-state index is -4.57. The highest BCUT2D eigenvalue weighted by molar-refractivity contribution is 9.10. The second-order valence-electron chi connectivity index (χ2n) is 2.59. The largest absolute Gasteiger partial charge is 0.478 e. The number of hydrogen-bond acceptors (Lipinski definition) is 1. The van der Waals surface area contributed by atoms with Gasteiger partial charge in [0.15, 0.2) is 0 Å². The summed E-state index contributed by atoms with van der Waals surface area (Å²) in [7, 11) is 0. The predicted octanol–water partition coefficient (Wildman–Crippen LogP) is 3.82. The minimum absolute atomic E-state index is 0.378. The zero-order chi connectivity index (χ0) is 11.8. The van der Waals surface area contributed by atoms with Crippen molar-refractivity contribution < 1.29 is 23.1 Å². The van der Waals surface area contributed by atoms with E-state index >= 15 is 0 Å². The van der Waals surface area contributed by atoms with Crippen LogP contribution < -0.4 is 0 Å². The fourth-order valence-corrected chi connectivity index (χ4v) is 1.75. The third-order valence-corrected chi connectivity index (χ3v) is 3.06. The quantitative estimate of drug-likeness (QED) is 0.856. The van der Waals surface area contributed by atoms with Gasteiger partial charge in [0, 0.05) is 4.47 Å². The molecule has 0 aliphatic heterocycles. The molecule has 15 heavy (non-hydrogen) atoms. The van der Waals surface area contributed by atoms with Gasteiger partial charge >= 0.3 is 12.1 Å². The number of carboxylic acids is 1. The molecule has 7 heteroatoms. The Labute approximate surface area is 95.8 Å². The second kappa shape index (κ2) is 4.02. The second-order valence-corrected chi connectivity index (χ2v) is 3.76. The summed E-state index contributed by atoms with van der Waals surface area (Å²) in [6.07, 6.45) is -4.57. The molecule has 0 radical (unpaired) electrons. The molecule has 0 saturated heterocycles. The van der Waals surface area contributed by atoms with E-state index < -0.39 is 27.2 Å². The van der Waals surface area contributed by atoms with Gasteiger partial charge in [-0.05, 0) is 28.1 Å². The highest BCUT2D eigenvalue weighted by Gasteiger charge is 2.34. The normalized spacial score (nSPS) is 11.5. The molecule has 82 valence electrons. The topological polar surface area (TPSA) is 37.3 Å². The van der Waals surface area contributed by atoms with E-state index in [4.69, 9.17) is 16.7 Å². The fourth-order valence-electron chi connectivity index (χ4n) is 0.934. The van der Waals surface area contributed by atoms with Gasteiger partial charge in [-0.15, -0.1) is 0 Å². The van der Waals surface area contributed by atoms with E-state index in [2.05, 4.69) is 15.9 Å². The first kappa shape index (κ1) is 12.3. The number of alkyl halides is 3. The summed E-state index contributed by atoms with van der Waals surface area (Å²) >= 11 is 8.09. The van der Waals surface area contributed by atoms with Gasteiger partial charge in [-0.3, -0.25) is 0 Å². The SMILES string of the molecule is O=C(O)c1ccc(C(F)(F)F)c(Br)c1Cl. The lowest BCUT2D eigenvalue weighted by Crippen LogP contribution is -2.08. The van der Waals surface area contributed by atoms with Crippen molar-refractivity contribution in [1.82, 2.24) is 0 Å². The van der Waals surface area contributed by atoms with Crippen molar-refractivity contribution in [2.45, 2.75) is 6.18 Å². The highest BCUT2D eigenvalue weighted by Crippen LogP contribution is 2.39. The Morgan fingerprint density at radius 2 is 1.93 bits per heavy atom. The number of aromatic carboxylic acids is 1. The Morgan fingerprint density at radius 1 is 1.40 bits per heavy atom. The summed E-state index contributed by atoms with van der Waals surface area (Å²) < 4.78 is 36.5. The summed E-state index contributed by atoms with van der Waals surface area (Å²) in [6, 6.07) is 1.48. The maximum absolute atomic E-state index is 12.3. The third-order valence-electron chi connectivity index (χ3n) is 1.62. The van der Waals surface area contributed by atoms with Crippen LogP contribution in [0.1, 0.15) is 15.9 Å². The molecule has 0 heterocycles. The van der Waals surface area contributed by atoms with Crippen LogP contribution in [-0.2, 0) is 6.18 Å². The molecule has 1 aromatic rings. The summed E-state index contributed by atoms with van der Waals surface area (Å²) in [5, 5.41) is 8.14. The molecule has 0 aromatic heterocycles. The van der Waals surface area contributed by atoms with E-state index in [1.807, 2.05) is 0 Å². The first-order valence-electron chi connectivity index (χ1n) is 3.53. The van der Waals surface area contributed by atoms with Crippen molar-refractivity contribution in [2.75, 3.05) is 0 Å². The van der Waals surface area contributed by atoms with E-state index in [0.717, 1.165) is 6.07 Å². The van der Waals surface area contributed by atoms with Crippen LogP contribution in [0.5, 0.6) is 0 Å². The molecule has 0 fully saturated rings. The lowest BCUT2D eigenvalue weighted by atomic mass is 10.1. The van der Waals surface area contributed by atoms with E-state index in [1.54, 1.807) is 0 Å². The molecule has 2 nitrogen and oxygen atoms in total. The average Bonchev–Trinajstić information content (AvgIpc) is 2.06. The van der Waals surface area contributed by atoms with Gasteiger partial charge in [0.1, 0.15) is 0 Å². The van der Waals surface area contributed by atoms with Crippen LogP contribution in [0.25, 0.3) is 0 Å². The number of carboxylic acid groups (broad SMARTS) is 1. The number of halogens is 5. The first-order chi connectivity index (χ1) is 6.75. The molecule has 0 saturated carbocycles. The van der Waals surface area contributed by atoms with Gasteiger partial charge in [-0.2, -0.15) is 13.2 Å². The smallest absolute Gasteiger partial charge is 0.417 e.